The van der Waals surface area contributed by atoms with Crippen molar-refractivity contribution < 1.29 is 19.0 Å². The second-order valence-corrected chi connectivity index (χ2v) is 7.82. The van der Waals surface area contributed by atoms with Crippen LogP contribution in [-0.4, -0.2) is 52.2 Å². The number of hydrogen-bond acceptors (Lipinski definition) is 8. The van der Waals surface area contributed by atoms with Gasteiger partial charge in [-0.15, -0.1) is 10.2 Å². The lowest BCUT2D eigenvalue weighted by Gasteiger charge is -2.15. The second-order valence-electron chi connectivity index (χ2n) is 7.82. The van der Waals surface area contributed by atoms with Crippen LogP contribution in [0.3, 0.4) is 0 Å². The van der Waals surface area contributed by atoms with Crippen molar-refractivity contribution in [2.75, 3.05) is 32.0 Å². The number of aromatic nitrogens is 5. The highest BCUT2D eigenvalue weighted by molar-refractivity contribution is 6.00. The van der Waals surface area contributed by atoms with E-state index in [0.29, 0.717) is 45.8 Å². The molecule has 0 atom stereocenters. The first-order chi connectivity index (χ1) is 18.1. The Kier molecular flexibility index (Phi) is 6.49. The number of amides is 2. The molecular formula is C26H23N7O4. The maximum atomic E-state index is 12.7. The third-order valence-electron chi connectivity index (χ3n) is 5.54. The Morgan fingerprint density at radius 1 is 0.784 bits per heavy atom. The fourth-order valence-corrected chi connectivity index (χ4v) is 3.83. The van der Waals surface area contributed by atoms with E-state index < -0.39 is 6.03 Å². The molecule has 0 bridgehead atoms. The first-order valence-electron chi connectivity index (χ1n) is 11.2. The summed E-state index contributed by atoms with van der Waals surface area (Å²) in [5, 5.41) is 18.8. The Bertz CT molecular complexity index is 1550. The molecular weight excluding hydrogens is 474 g/mol. The Labute approximate surface area is 212 Å². The molecule has 3 aromatic heterocycles. The largest absolute Gasteiger partial charge is 0.493 e. The van der Waals surface area contributed by atoms with Crippen LogP contribution in [0.15, 0.2) is 73.1 Å². The van der Waals surface area contributed by atoms with Crippen molar-refractivity contribution in [3.63, 3.8) is 0 Å². The SMILES string of the molecule is COc1cc(NC(=O)Nc2cccc(-c3ccc4nnc(-c5ccncc5)n4n3)c2)cc(OC)c1OC. The quantitative estimate of drug-likeness (QED) is 0.336. The molecule has 0 unspecified atom stereocenters. The van der Waals surface area contributed by atoms with Gasteiger partial charge in [0, 0.05) is 41.3 Å². The maximum absolute atomic E-state index is 12.7. The molecule has 0 radical (unpaired) electrons. The topological polar surface area (TPSA) is 125 Å². The Morgan fingerprint density at radius 3 is 2.22 bits per heavy atom. The van der Waals surface area contributed by atoms with Crippen LogP contribution in [0.2, 0.25) is 0 Å². The fourth-order valence-electron chi connectivity index (χ4n) is 3.83. The molecule has 37 heavy (non-hydrogen) atoms. The van der Waals surface area contributed by atoms with Gasteiger partial charge in [0.1, 0.15) is 0 Å². The molecule has 2 aromatic carbocycles. The van der Waals surface area contributed by atoms with Gasteiger partial charge in [0.05, 0.1) is 32.7 Å². The monoisotopic (exact) mass is 497 g/mol. The van der Waals surface area contributed by atoms with Gasteiger partial charge in [-0.3, -0.25) is 4.98 Å². The fraction of sp³-hybridized carbons (Fsp3) is 0.115. The van der Waals surface area contributed by atoms with Crippen molar-refractivity contribution >= 4 is 23.1 Å². The van der Waals surface area contributed by atoms with Crippen molar-refractivity contribution in [2.24, 2.45) is 0 Å². The number of carbonyl (C=O) groups is 1. The summed E-state index contributed by atoms with van der Waals surface area (Å²) in [7, 11) is 4.54. The van der Waals surface area contributed by atoms with Crippen LogP contribution in [0.4, 0.5) is 16.2 Å². The van der Waals surface area contributed by atoms with Gasteiger partial charge in [0.15, 0.2) is 23.0 Å². The van der Waals surface area contributed by atoms with Gasteiger partial charge in [-0.2, -0.15) is 9.61 Å². The van der Waals surface area contributed by atoms with Gasteiger partial charge < -0.3 is 24.8 Å². The lowest BCUT2D eigenvalue weighted by molar-refractivity contribution is 0.262. The molecule has 5 rings (SSSR count). The van der Waals surface area contributed by atoms with Crippen LogP contribution in [-0.2, 0) is 0 Å². The third kappa shape index (κ3) is 4.82. The first kappa shape index (κ1) is 23.5. The maximum Gasteiger partial charge on any atom is 0.323 e. The van der Waals surface area contributed by atoms with Crippen LogP contribution in [0.5, 0.6) is 17.2 Å². The molecule has 0 saturated heterocycles. The highest BCUT2D eigenvalue weighted by Gasteiger charge is 2.15. The zero-order valence-electron chi connectivity index (χ0n) is 20.3. The van der Waals surface area contributed by atoms with E-state index in [2.05, 4.69) is 25.8 Å². The Morgan fingerprint density at radius 2 is 1.51 bits per heavy atom. The number of benzene rings is 2. The normalized spacial score (nSPS) is 10.7. The van der Waals surface area contributed by atoms with Gasteiger partial charge in [-0.05, 0) is 36.4 Å². The van der Waals surface area contributed by atoms with Gasteiger partial charge in [-0.1, -0.05) is 12.1 Å². The van der Waals surface area contributed by atoms with Crippen LogP contribution < -0.4 is 24.8 Å². The van der Waals surface area contributed by atoms with Crippen molar-refractivity contribution in [1.82, 2.24) is 24.8 Å². The lowest BCUT2D eigenvalue weighted by atomic mass is 10.1. The van der Waals surface area contributed by atoms with Crippen LogP contribution in [0.25, 0.3) is 28.3 Å². The number of carbonyl (C=O) groups excluding carboxylic acids is 1. The average Bonchev–Trinajstić information content (AvgIpc) is 3.36. The summed E-state index contributed by atoms with van der Waals surface area (Å²) in [5.41, 5.74) is 4.03. The molecule has 0 aliphatic rings. The minimum Gasteiger partial charge on any atom is -0.493 e. The van der Waals surface area contributed by atoms with E-state index in [9.17, 15) is 4.79 Å². The number of methoxy groups -OCH3 is 3. The van der Waals surface area contributed by atoms with Crippen molar-refractivity contribution in [3.05, 3.63) is 73.1 Å². The minimum atomic E-state index is -0.436. The number of urea groups is 1. The van der Waals surface area contributed by atoms with Crippen LogP contribution >= 0.6 is 0 Å². The number of nitrogens with zero attached hydrogens (tertiary/aromatic N) is 5. The highest BCUT2D eigenvalue weighted by atomic mass is 16.5. The molecule has 11 heteroatoms. The smallest absolute Gasteiger partial charge is 0.323 e. The summed E-state index contributed by atoms with van der Waals surface area (Å²) in [6.45, 7) is 0. The summed E-state index contributed by atoms with van der Waals surface area (Å²) in [4.78, 5) is 16.8. The number of nitrogens with one attached hydrogen (secondary N) is 2. The molecule has 5 aromatic rings. The zero-order chi connectivity index (χ0) is 25.8. The van der Waals surface area contributed by atoms with Gasteiger partial charge in [-0.25, -0.2) is 4.79 Å². The van der Waals surface area contributed by atoms with Crippen LogP contribution in [0, 0.1) is 0 Å². The number of ether oxygens (including phenoxy) is 3. The Hall–Kier alpha value is -5.19. The highest BCUT2D eigenvalue weighted by Crippen LogP contribution is 2.40. The van der Waals surface area contributed by atoms with E-state index in [0.717, 1.165) is 11.1 Å². The lowest BCUT2D eigenvalue weighted by Crippen LogP contribution is -2.19. The number of hydrogen-bond donors (Lipinski definition) is 2. The molecule has 0 saturated carbocycles. The van der Waals surface area contributed by atoms with E-state index in [1.54, 1.807) is 35.1 Å². The summed E-state index contributed by atoms with van der Waals surface area (Å²) >= 11 is 0. The molecule has 2 N–H and O–H groups in total. The molecule has 2 amide bonds. The van der Waals surface area contributed by atoms with E-state index in [4.69, 9.17) is 19.3 Å². The molecule has 0 fully saturated rings. The Balaban J connectivity index is 1.38. The number of anilines is 2. The standard InChI is InChI=1S/C26H23N7O4/c1-35-21-14-19(15-22(36-2)24(21)37-3)29-26(34)28-18-6-4-5-17(13-18)20-7-8-23-30-31-25(33(23)32-20)16-9-11-27-12-10-16/h4-15H,1-3H3,(H2,28,29,34). The molecule has 0 aliphatic carbocycles. The average molecular weight is 498 g/mol. The van der Waals surface area contributed by atoms with E-state index in [1.165, 1.54) is 21.3 Å². The molecule has 3 heterocycles. The number of pyridine rings is 1. The second kappa shape index (κ2) is 10.2. The minimum absolute atomic E-state index is 0.431. The van der Waals surface area contributed by atoms with E-state index in [-0.39, 0.29) is 0 Å². The summed E-state index contributed by atoms with van der Waals surface area (Å²) in [6, 6.07) is 17.6. The number of fused-ring (bicyclic) bond motifs is 1. The van der Waals surface area contributed by atoms with Gasteiger partial charge in [0.25, 0.3) is 0 Å². The van der Waals surface area contributed by atoms with E-state index in [1.807, 2.05) is 42.5 Å². The predicted molar refractivity (Wildman–Crippen MR) is 138 cm³/mol. The van der Waals surface area contributed by atoms with E-state index >= 15 is 0 Å². The van der Waals surface area contributed by atoms with Crippen molar-refractivity contribution in [2.45, 2.75) is 0 Å². The van der Waals surface area contributed by atoms with Gasteiger partial charge >= 0.3 is 6.03 Å². The molecule has 0 aliphatic heterocycles. The summed E-state index contributed by atoms with van der Waals surface area (Å²) in [6.07, 6.45) is 3.39. The number of rotatable bonds is 7. The first-order valence-corrected chi connectivity index (χ1v) is 11.2. The predicted octanol–water partition coefficient (Wildman–Crippen LogP) is 4.52. The molecule has 186 valence electrons. The molecule has 11 nitrogen and oxygen atoms in total. The van der Waals surface area contributed by atoms with Crippen LogP contribution in [0.1, 0.15) is 0 Å². The third-order valence-corrected chi connectivity index (χ3v) is 5.54. The van der Waals surface area contributed by atoms with Crippen molar-refractivity contribution in [1.29, 1.82) is 0 Å². The summed E-state index contributed by atoms with van der Waals surface area (Å²) < 4.78 is 17.7. The zero-order valence-corrected chi connectivity index (χ0v) is 20.3. The van der Waals surface area contributed by atoms with Crippen molar-refractivity contribution in [3.8, 4) is 39.9 Å². The summed E-state index contributed by atoms with van der Waals surface area (Å²) in [5.74, 6) is 1.91. The molecule has 0 spiro atoms. The van der Waals surface area contributed by atoms with Gasteiger partial charge in [0.2, 0.25) is 5.75 Å².